The monoisotopic (exact) mass is 295 g/mol. The molecule has 0 spiro atoms. The van der Waals surface area contributed by atoms with E-state index in [0.717, 1.165) is 4.68 Å². The molecule has 2 aromatic rings. The minimum absolute atomic E-state index is 0.0268. The first-order valence-corrected chi connectivity index (χ1v) is 7.39. The highest BCUT2D eigenvalue weighted by Crippen LogP contribution is 2.13. The van der Waals surface area contributed by atoms with E-state index in [1.54, 1.807) is 30.3 Å². The minimum atomic E-state index is -3.40. The zero-order chi connectivity index (χ0) is 14.6. The Balaban J connectivity index is 2.15. The van der Waals surface area contributed by atoms with Gasteiger partial charge in [-0.25, -0.2) is 18.3 Å². The summed E-state index contributed by atoms with van der Waals surface area (Å²) >= 11 is 0. The first-order valence-electron chi connectivity index (χ1n) is 5.74. The molecule has 8 nitrogen and oxygen atoms in total. The van der Waals surface area contributed by atoms with Gasteiger partial charge in [0, 0.05) is 5.69 Å². The highest BCUT2D eigenvalue weighted by molar-refractivity contribution is 7.92. The summed E-state index contributed by atoms with van der Waals surface area (Å²) < 4.78 is 26.9. The van der Waals surface area contributed by atoms with Crippen LogP contribution in [0.3, 0.4) is 0 Å². The smallest absolute Gasteiger partial charge is 0.284 e. The molecule has 0 atom stereocenters. The second kappa shape index (κ2) is 5.70. The molecule has 1 aromatic carbocycles. The van der Waals surface area contributed by atoms with Crippen LogP contribution in [-0.2, 0) is 10.0 Å². The van der Waals surface area contributed by atoms with E-state index in [9.17, 15) is 13.2 Å². The highest BCUT2D eigenvalue weighted by atomic mass is 32.2. The lowest BCUT2D eigenvalue weighted by atomic mass is 10.3. The van der Waals surface area contributed by atoms with Crippen LogP contribution in [0.2, 0.25) is 0 Å². The Hall–Kier alpha value is -2.42. The number of hydrogen-bond donors (Lipinski definition) is 2. The Bertz CT molecular complexity index is 745. The molecule has 0 radical (unpaired) electrons. The van der Waals surface area contributed by atoms with Gasteiger partial charge >= 0.3 is 5.69 Å². The molecule has 1 heterocycles. The van der Waals surface area contributed by atoms with Gasteiger partial charge in [0.1, 0.15) is 0 Å². The Labute approximate surface area is 115 Å². The van der Waals surface area contributed by atoms with E-state index in [1.165, 1.54) is 0 Å². The van der Waals surface area contributed by atoms with E-state index >= 15 is 0 Å². The second-order valence-corrected chi connectivity index (χ2v) is 5.81. The summed E-state index contributed by atoms with van der Waals surface area (Å²) in [6, 6.07) is 6.22. The van der Waals surface area contributed by atoms with Crippen molar-refractivity contribution in [2.45, 2.75) is 6.42 Å². The molecular formula is C11H13N5O3S. The summed E-state index contributed by atoms with van der Waals surface area (Å²) in [5.74, 6) is -0.0268. The Morgan fingerprint density at radius 1 is 1.35 bits per heavy atom. The summed E-state index contributed by atoms with van der Waals surface area (Å²) in [5.41, 5.74) is 0.427. The average Bonchev–Trinajstić information content (AvgIpc) is 2.83. The molecule has 2 N–H and O–H groups in total. The molecular weight excluding hydrogens is 282 g/mol. The van der Waals surface area contributed by atoms with E-state index in [1.807, 2.05) is 0 Å². The Morgan fingerprint density at radius 3 is 2.60 bits per heavy atom. The van der Waals surface area contributed by atoms with Crippen LogP contribution >= 0.6 is 0 Å². The first kappa shape index (κ1) is 14.0. The lowest BCUT2D eigenvalue weighted by Gasteiger charge is -2.07. The molecule has 0 aliphatic rings. The number of aromatic nitrogens is 4. The van der Waals surface area contributed by atoms with Crippen molar-refractivity contribution in [1.82, 2.24) is 20.2 Å². The number of sulfonamides is 1. The van der Waals surface area contributed by atoms with Gasteiger partial charge in [-0.1, -0.05) is 6.08 Å². The maximum absolute atomic E-state index is 11.7. The zero-order valence-electron chi connectivity index (χ0n) is 10.5. The van der Waals surface area contributed by atoms with E-state index in [2.05, 4.69) is 26.8 Å². The molecule has 9 heteroatoms. The van der Waals surface area contributed by atoms with E-state index in [-0.39, 0.29) is 5.75 Å². The van der Waals surface area contributed by atoms with Crippen LogP contribution in [-0.4, -0.2) is 34.4 Å². The van der Waals surface area contributed by atoms with Crippen molar-refractivity contribution in [3.63, 3.8) is 0 Å². The van der Waals surface area contributed by atoms with E-state index in [4.69, 9.17) is 0 Å². The fourth-order valence-corrected chi connectivity index (χ4v) is 2.58. The third kappa shape index (κ3) is 3.32. The van der Waals surface area contributed by atoms with Crippen molar-refractivity contribution in [2.75, 3.05) is 10.5 Å². The SMILES string of the molecule is C=CCCS(=O)(=O)Nc1ccc(-n2nn[nH]c2=O)cc1. The molecule has 106 valence electrons. The molecule has 0 amide bonds. The van der Waals surface area contributed by atoms with Crippen molar-refractivity contribution in [3.05, 3.63) is 47.4 Å². The number of anilines is 1. The predicted molar refractivity (Wildman–Crippen MR) is 74.2 cm³/mol. The average molecular weight is 295 g/mol. The van der Waals surface area contributed by atoms with Crippen LogP contribution in [0, 0.1) is 0 Å². The van der Waals surface area contributed by atoms with Gasteiger partial charge < -0.3 is 0 Å². The molecule has 0 aliphatic carbocycles. The second-order valence-electron chi connectivity index (χ2n) is 3.96. The van der Waals surface area contributed by atoms with Gasteiger partial charge in [-0.05, 0) is 41.1 Å². The van der Waals surface area contributed by atoms with E-state index < -0.39 is 15.7 Å². The van der Waals surface area contributed by atoms with Gasteiger partial charge in [-0.3, -0.25) is 4.72 Å². The van der Waals surface area contributed by atoms with Crippen LogP contribution in [0.5, 0.6) is 0 Å². The minimum Gasteiger partial charge on any atom is -0.284 e. The molecule has 0 saturated carbocycles. The molecule has 0 bridgehead atoms. The maximum Gasteiger partial charge on any atom is 0.365 e. The highest BCUT2D eigenvalue weighted by Gasteiger charge is 2.09. The molecule has 2 rings (SSSR count). The van der Waals surface area contributed by atoms with Crippen LogP contribution < -0.4 is 10.4 Å². The summed E-state index contributed by atoms with van der Waals surface area (Å²) in [6.45, 7) is 3.48. The maximum atomic E-state index is 11.7. The van der Waals surface area contributed by atoms with Crippen LogP contribution in [0.4, 0.5) is 5.69 Å². The molecule has 1 aromatic heterocycles. The number of benzene rings is 1. The third-order valence-electron chi connectivity index (χ3n) is 2.45. The van der Waals surface area contributed by atoms with Crippen molar-refractivity contribution >= 4 is 15.7 Å². The van der Waals surface area contributed by atoms with Gasteiger partial charge in [0.2, 0.25) is 10.0 Å². The predicted octanol–water partition coefficient (Wildman–Crippen LogP) is 0.273. The summed E-state index contributed by atoms with van der Waals surface area (Å²) in [7, 11) is -3.40. The van der Waals surface area contributed by atoms with Crippen LogP contribution in [0.1, 0.15) is 6.42 Å². The van der Waals surface area contributed by atoms with Crippen LogP contribution in [0.25, 0.3) is 5.69 Å². The van der Waals surface area contributed by atoms with Gasteiger partial charge in [0.25, 0.3) is 0 Å². The fourth-order valence-electron chi connectivity index (χ4n) is 1.51. The van der Waals surface area contributed by atoms with Gasteiger partial charge in [-0.15, -0.1) is 6.58 Å². The van der Waals surface area contributed by atoms with Crippen molar-refractivity contribution < 1.29 is 8.42 Å². The summed E-state index contributed by atoms with van der Waals surface area (Å²) in [6.07, 6.45) is 1.92. The van der Waals surface area contributed by atoms with E-state index in [0.29, 0.717) is 17.8 Å². The molecule has 0 fully saturated rings. The fraction of sp³-hybridized carbons (Fsp3) is 0.182. The van der Waals surface area contributed by atoms with Crippen molar-refractivity contribution in [2.24, 2.45) is 0 Å². The molecule has 0 aliphatic heterocycles. The van der Waals surface area contributed by atoms with Gasteiger partial charge in [-0.2, -0.15) is 4.68 Å². The quantitative estimate of drug-likeness (QED) is 0.743. The molecule has 0 unspecified atom stereocenters. The summed E-state index contributed by atoms with van der Waals surface area (Å²) in [5, 5.41) is 9.12. The lowest BCUT2D eigenvalue weighted by Crippen LogP contribution is -2.17. The van der Waals surface area contributed by atoms with Crippen molar-refractivity contribution in [3.8, 4) is 5.69 Å². The number of rotatable bonds is 6. The Kier molecular flexibility index (Phi) is 3.99. The van der Waals surface area contributed by atoms with Crippen molar-refractivity contribution in [1.29, 1.82) is 0 Å². The molecule has 20 heavy (non-hydrogen) atoms. The largest absolute Gasteiger partial charge is 0.365 e. The number of nitrogens with zero attached hydrogens (tertiary/aromatic N) is 3. The standard InChI is InChI=1S/C11H13N5O3S/c1-2-3-8-20(18,19)13-9-4-6-10(7-5-9)16-11(17)12-14-15-16/h2,4-7,13H,1,3,8H2,(H,12,15,17). The van der Waals surface area contributed by atoms with Gasteiger partial charge in [0.05, 0.1) is 11.4 Å². The summed E-state index contributed by atoms with van der Waals surface area (Å²) in [4.78, 5) is 11.3. The zero-order valence-corrected chi connectivity index (χ0v) is 11.3. The lowest BCUT2D eigenvalue weighted by molar-refractivity contribution is 0.601. The Morgan fingerprint density at radius 2 is 2.05 bits per heavy atom. The normalized spacial score (nSPS) is 11.2. The number of hydrogen-bond acceptors (Lipinski definition) is 5. The number of nitrogens with one attached hydrogen (secondary N) is 2. The number of aromatic amines is 1. The molecule has 0 saturated heterocycles. The third-order valence-corrected chi connectivity index (χ3v) is 3.77. The topological polar surface area (TPSA) is 110 Å². The first-order chi connectivity index (χ1) is 9.52. The number of allylic oxidation sites excluding steroid dienone is 1. The van der Waals surface area contributed by atoms with Crippen LogP contribution in [0.15, 0.2) is 41.7 Å². The van der Waals surface area contributed by atoms with Gasteiger partial charge in [0.15, 0.2) is 0 Å². The number of tetrazole rings is 1. The number of H-pyrrole nitrogens is 1.